The van der Waals surface area contributed by atoms with Crippen LogP contribution in [0.1, 0.15) is 25.5 Å². The fourth-order valence-electron chi connectivity index (χ4n) is 3.05. The number of benzene rings is 2. The van der Waals surface area contributed by atoms with E-state index in [0.717, 1.165) is 4.47 Å². The number of ether oxygens (including phenoxy) is 3. The fraction of sp³-hybridized carbons (Fsp3) is 0.300. The lowest BCUT2D eigenvalue weighted by atomic mass is 9.86. The summed E-state index contributed by atoms with van der Waals surface area (Å²) in [6, 6.07) is 13.6. The zero-order valence-electron chi connectivity index (χ0n) is 15.0. The van der Waals surface area contributed by atoms with E-state index in [1.54, 1.807) is 26.0 Å². The molecule has 0 saturated carbocycles. The first kappa shape index (κ1) is 19.2. The van der Waals surface area contributed by atoms with E-state index in [0.29, 0.717) is 17.0 Å². The zero-order valence-corrected chi connectivity index (χ0v) is 16.6. The van der Waals surface area contributed by atoms with Crippen LogP contribution in [0.2, 0.25) is 0 Å². The Labute approximate surface area is 165 Å². The van der Waals surface area contributed by atoms with Gasteiger partial charge in [0.1, 0.15) is 11.8 Å². The number of rotatable bonds is 5. The SMILES string of the molecule is CCOC(=O)C1(C(=O)OCC)Oc2ccccc2N[C@@H]1c1ccccc1Br. The number of fused-ring (bicyclic) bond motifs is 1. The number of carbonyl (C=O) groups is 2. The first-order valence-corrected chi connectivity index (χ1v) is 9.47. The van der Waals surface area contributed by atoms with Gasteiger partial charge in [0.15, 0.2) is 0 Å². The van der Waals surface area contributed by atoms with Crippen molar-refractivity contribution in [2.45, 2.75) is 25.5 Å². The molecule has 142 valence electrons. The van der Waals surface area contributed by atoms with E-state index in [2.05, 4.69) is 21.2 Å². The van der Waals surface area contributed by atoms with Gasteiger partial charge < -0.3 is 19.5 Å². The van der Waals surface area contributed by atoms with Crippen molar-refractivity contribution in [3.8, 4) is 5.75 Å². The number of esters is 2. The average molecular weight is 434 g/mol. The minimum Gasteiger partial charge on any atom is -0.462 e. The standard InChI is InChI=1S/C20H20BrNO5/c1-3-25-18(23)20(19(24)26-4-2)17(13-9-5-6-10-14(13)21)22-15-11-7-8-12-16(15)27-20/h5-12,17,22H,3-4H2,1-2H3/t17-/m1/s1. The number of para-hydroxylation sites is 2. The van der Waals surface area contributed by atoms with Crippen molar-refractivity contribution >= 4 is 33.6 Å². The van der Waals surface area contributed by atoms with E-state index in [1.165, 1.54) is 0 Å². The van der Waals surface area contributed by atoms with E-state index in [9.17, 15) is 9.59 Å². The number of halogens is 1. The molecule has 0 amide bonds. The van der Waals surface area contributed by atoms with Crippen LogP contribution >= 0.6 is 15.9 Å². The van der Waals surface area contributed by atoms with Crippen molar-refractivity contribution in [1.82, 2.24) is 0 Å². The Hall–Kier alpha value is -2.54. The van der Waals surface area contributed by atoms with Gasteiger partial charge in [-0.3, -0.25) is 0 Å². The molecular weight excluding hydrogens is 414 g/mol. The van der Waals surface area contributed by atoms with E-state index in [-0.39, 0.29) is 13.2 Å². The second kappa shape index (κ2) is 8.00. The maximum absolute atomic E-state index is 13.0. The van der Waals surface area contributed by atoms with E-state index < -0.39 is 23.6 Å². The molecule has 0 aromatic heterocycles. The molecule has 1 heterocycles. The van der Waals surface area contributed by atoms with Gasteiger partial charge in [-0.2, -0.15) is 0 Å². The molecule has 27 heavy (non-hydrogen) atoms. The van der Waals surface area contributed by atoms with E-state index in [4.69, 9.17) is 14.2 Å². The molecule has 1 N–H and O–H groups in total. The summed E-state index contributed by atoms with van der Waals surface area (Å²) < 4.78 is 17.2. The molecule has 1 aliphatic heterocycles. The molecule has 3 rings (SSSR count). The second-order valence-electron chi connectivity index (χ2n) is 5.87. The van der Waals surface area contributed by atoms with Gasteiger partial charge in [0.2, 0.25) is 0 Å². The number of anilines is 1. The maximum Gasteiger partial charge on any atom is 0.365 e. The molecule has 1 atom stereocenters. The summed E-state index contributed by atoms with van der Waals surface area (Å²) in [5, 5.41) is 3.27. The zero-order chi connectivity index (χ0) is 19.4. The number of carbonyl (C=O) groups excluding carboxylic acids is 2. The van der Waals surface area contributed by atoms with Gasteiger partial charge in [-0.25, -0.2) is 9.59 Å². The summed E-state index contributed by atoms with van der Waals surface area (Å²) in [5.41, 5.74) is -0.667. The van der Waals surface area contributed by atoms with E-state index >= 15 is 0 Å². The largest absolute Gasteiger partial charge is 0.462 e. The maximum atomic E-state index is 13.0. The molecule has 0 bridgehead atoms. The van der Waals surface area contributed by atoms with Crippen LogP contribution in [-0.4, -0.2) is 30.8 Å². The Morgan fingerprint density at radius 3 is 2.26 bits per heavy atom. The van der Waals surface area contributed by atoms with E-state index in [1.807, 2.05) is 36.4 Å². The predicted octanol–water partition coefficient (Wildman–Crippen LogP) is 3.86. The molecule has 0 spiro atoms. The van der Waals surface area contributed by atoms with Crippen LogP contribution < -0.4 is 10.1 Å². The third kappa shape index (κ3) is 3.39. The number of nitrogens with one attached hydrogen (secondary N) is 1. The molecule has 7 heteroatoms. The highest BCUT2D eigenvalue weighted by Gasteiger charge is 2.61. The van der Waals surface area contributed by atoms with Crippen molar-refractivity contribution in [3.63, 3.8) is 0 Å². The van der Waals surface area contributed by atoms with Crippen molar-refractivity contribution in [2.24, 2.45) is 0 Å². The van der Waals surface area contributed by atoms with Crippen LogP contribution in [0.4, 0.5) is 5.69 Å². The second-order valence-corrected chi connectivity index (χ2v) is 6.73. The normalized spacial score (nSPS) is 17.1. The topological polar surface area (TPSA) is 73.9 Å². The number of hydrogen-bond acceptors (Lipinski definition) is 6. The molecule has 0 radical (unpaired) electrons. The Balaban J connectivity index is 2.22. The molecule has 0 aliphatic carbocycles. The lowest BCUT2D eigenvalue weighted by molar-refractivity contribution is -0.182. The first-order chi connectivity index (χ1) is 13.0. The minimum absolute atomic E-state index is 0.105. The highest BCUT2D eigenvalue weighted by atomic mass is 79.9. The Kier molecular flexibility index (Phi) is 5.70. The van der Waals surface area contributed by atoms with Gasteiger partial charge in [0.25, 0.3) is 0 Å². The molecule has 0 unspecified atom stereocenters. The van der Waals surface area contributed by atoms with Gasteiger partial charge in [0.05, 0.1) is 18.9 Å². The molecule has 0 saturated heterocycles. The fourth-order valence-corrected chi connectivity index (χ4v) is 3.56. The molecule has 2 aromatic carbocycles. The Morgan fingerprint density at radius 2 is 1.63 bits per heavy atom. The Morgan fingerprint density at radius 1 is 1.04 bits per heavy atom. The van der Waals surface area contributed by atoms with Gasteiger partial charge in [-0.1, -0.05) is 46.3 Å². The van der Waals surface area contributed by atoms with Gasteiger partial charge >= 0.3 is 17.5 Å². The Bertz CT molecular complexity index is 836. The average Bonchev–Trinajstić information content (AvgIpc) is 2.67. The van der Waals surface area contributed by atoms with Gasteiger partial charge in [-0.05, 0) is 37.6 Å². The summed E-state index contributed by atoms with van der Waals surface area (Å²) in [5.74, 6) is -1.22. The summed E-state index contributed by atoms with van der Waals surface area (Å²) in [6.07, 6.45) is 0. The predicted molar refractivity (Wildman–Crippen MR) is 104 cm³/mol. The van der Waals surface area contributed by atoms with Gasteiger partial charge in [-0.15, -0.1) is 0 Å². The van der Waals surface area contributed by atoms with Crippen LogP contribution in [0.5, 0.6) is 5.75 Å². The summed E-state index contributed by atoms with van der Waals surface area (Å²) in [6.45, 7) is 3.56. The first-order valence-electron chi connectivity index (χ1n) is 8.68. The van der Waals surface area contributed by atoms with Crippen LogP contribution in [0.3, 0.4) is 0 Å². The summed E-state index contributed by atoms with van der Waals surface area (Å²) in [7, 11) is 0. The third-order valence-electron chi connectivity index (χ3n) is 4.24. The summed E-state index contributed by atoms with van der Waals surface area (Å²) in [4.78, 5) is 26.1. The molecular formula is C20H20BrNO5. The van der Waals surface area contributed by atoms with Crippen LogP contribution in [-0.2, 0) is 19.1 Å². The molecule has 0 fully saturated rings. The third-order valence-corrected chi connectivity index (χ3v) is 4.96. The smallest absolute Gasteiger partial charge is 0.365 e. The monoisotopic (exact) mass is 433 g/mol. The summed E-state index contributed by atoms with van der Waals surface area (Å²) >= 11 is 3.50. The van der Waals surface area contributed by atoms with Crippen LogP contribution in [0.25, 0.3) is 0 Å². The van der Waals surface area contributed by atoms with Gasteiger partial charge in [0, 0.05) is 4.47 Å². The van der Waals surface area contributed by atoms with Crippen molar-refractivity contribution in [3.05, 3.63) is 58.6 Å². The highest BCUT2D eigenvalue weighted by Crippen LogP contribution is 2.45. The molecule has 6 nitrogen and oxygen atoms in total. The van der Waals surface area contributed by atoms with Crippen LogP contribution in [0.15, 0.2) is 53.0 Å². The van der Waals surface area contributed by atoms with Crippen molar-refractivity contribution < 1.29 is 23.8 Å². The quantitative estimate of drug-likeness (QED) is 0.569. The highest BCUT2D eigenvalue weighted by molar-refractivity contribution is 9.10. The number of hydrogen-bond donors (Lipinski definition) is 1. The minimum atomic E-state index is -2.01. The van der Waals surface area contributed by atoms with Crippen molar-refractivity contribution in [1.29, 1.82) is 0 Å². The van der Waals surface area contributed by atoms with Crippen molar-refractivity contribution in [2.75, 3.05) is 18.5 Å². The lowest BCUT2D eigenvalue weighted by Gasteiger charge is -2.41. The van der Waals surface area contributed by atoms with Crippen LogP contribution in [0, 0.1) is 0 Å². The lowest BCUT2D eigenvalue weighted by Crippen LogP contribution is -2.61. The molecule has 1 aliphatic rings. The molecule has 2 aromatic rings.